The average Bonchev–Trinajstić information content (AvgIpc) is 3.18. The summed E-state index contributed by atoms with van der Waals surface area (Å²) in [6.45, 7) is 3.98. The molecule has 0 atom stereocenters. The largest absolute Gasteiger partial charge is 0.431 e. The topological polar surface area (TPSA) is 102 Å². The molecular formula is C15H18N4O4S2. The molecule has 2 aromatic heterocycles. The number of sulfonamides is 1. The van der Waals surface area contributed by atoms with Crippen molar-refractivity contribution in [3.05, 3.63) is 29.9 Å². The van der Waals surface area contributed by atoms with Crippen LogP contribution in [0.3, 0.4) is 0 Å². The van der Waals surface area contributed by atoms with Crippen LogP contribution in [-0.4, -0.2) is 41.9 Å². The molecule has 8 nitrogen and oxygen atoms in total. The summed E-state index contributed by atoms with van der Waals surface area (Å²) in [5.74, 6) is 1.78. The van der Waals surface area contributed by atoms with E-state index in [0.717, 1.165) is 4.31 Å². The van der Waals surface area contributed by atoms with Crippen LogP contribution in [0.2, 0.25) is 0 Å². The van der Waals surface area contributed by atoms with E-state index in [1.807, 2.05) is 13.8 Å². The Balaban J connectivity index is 1.79. The minimum Gasteiger partial charge on any atom is -0.431 e. The van der Waals surface area contributed by atoms with Gasteiger partial charge in [-0.1, -0.05) is 30.8 Å². The van der Waals surface area contributed by atoms with E-state index in [0.29, 0.717) is 33.8 Å². The molecule has 0 radical (unpaired) electrons. The van der Waals surface area contributed by atoms with Crippen molar-refractivity contribution in [3.8, 4) is 0 Å². The molecule has 0 saturated carbocycles. The number of nitrogens with zero attached hydrogens (tertiary/aromatic N) is 4. The smallest absolute Gasteiger partial charge is 0.257 e. The zero-order valence-corrected chi connectivity index (χ0v) is 15.9. The van der Waals surface area contributed by atoms with E-state index in [2.05, 4.69) is 15.1 Å². The summed E-state index contributed by atoms with van der Waals surface area (Å²) in [6, 6.07) is 4.61. The predicted octanol–water partition coefficient (Wildman–Crippen LogP) is 2.88. The lowest BCUT2D eigenvalue weighted by molar-refractivity contribution is 0.382. The van der Waals surface area contributed by atoms with Crippen molar-refractivity contribution in [1.29, 1.82) is 0 Å². The number of fused-ring (bicyclic) bond motifs is 1. The first-order valence-electron chi connectivity index (χ1n) is 7.56. The van der Waals surface area contributed by atoms with E-state index in [9.17, 15) is 8.42 Å². The first-order chi connectivity index (χ1) is 11.8. The molecule has 25 heavy (non-hydrogen) atoms. The van der Waals surface area contributed by atoms with Crippen LogP contribution in [0.5, 0.6) is 0 Å². The second-order valence-electron chi connectivity index (χ2n) is 5.89. The quantitative estimate of drug-likeness (QED) is 0.600. The first-order valence-corrected chi connectivity index (χ1v) is 9.98. The Hall–Kier alpha value is -1.91. The van der Waals surface area contributed by atoms with E-state index in [-0.39, 0.29) is 10.8 Å². The van der Waals surface area contributed by atoms with E-state index in [1.54, 1.807) is 6.07 Å². The number of rotatable bonds is 6. The summed E-state index contributed by atoms with van der Waals surface area (Å²) in [4.78, 5) is 8.79. The molecule has 0 fully saturated rings. The van der Waals surface area contributed by atoms with E-state index < -0.39 is 10.0 Å². The molecule has 1 aromatic carbocycles. The number of hydrogen-bond acceptors (Lipinski definition) is 8. The van der Waals surface area contributed by atoms with Gasteiger partial charge in [-0.05, 0) is 18.2 Å². The third kappa shape index (κ3) is 3.70. The summed E-state index contributed by atoms with van der Waals surface area (Å²) in [7, 11) is -0.537. The number of aromatic nitrogens is 3. The van der Waals surface area contributed by atoms with Crippen LogP contribution < -0.4 is 0 Å². The molecule has 134 valence electrons. The standard InChI is InChI=1S/C15H18N4O4S2/c1-9(2)14-17-13(23-18-14)8-24-15-16-11-7-10(5-6-12(11)22-15)25(20,21)19(3)4/h5-7,9H,8H2,1-4H3. The van der Waals surface area contributed by atoms with Crippen molar-refractivity contribution < 1.29 is 17.4 Å². The minimum atomic E-state index is -3.51. The fraction of sp³-hybridized carbons (Fsp3) is 0.400. The van der Waals surface area contributed by atoms with Crippen LogP contribution in [0.15, 0.2) is 37.3 Å². The Labute approximate surface area is 149 Å². The fourth-order valence-electron chi connectivity index (χ4n) is 2.00. The number of benzene rings is 1. The highest BCUT2D eigenvalue weighted by Crippen LogP contribution is 2.28. The molecule has 0 N–H and O–H groups in total. The van der Waals surface area contributed by atoms with Crippen molar-refractivity contribution in [2.75, 3.05) is 14.1 Å². The molecule has 0 bridgehead atoms. The van der Waals surface area contributed by atoms with Gasteiger partial charge in [0.15, 0.2) is 11.4 Å². The maximum Gasteiger partial charge on any atom is 0.257 e. The zero-order valence-electron chi connectivity index (χ0n) is 14.3. The van der Waals surface area contributed by atoms with Crippen LogP contribution in [0.4, 0.5) is 0 Å². The molecule has 0 unspecified atom stereocenters. The molecule has 0 saturated heterocycles. The monoisotopic (exact) mass is 382 g/mol. The van der Waals surface area contributed by atoms with E-state index >= 15 is 0 Å². The summed E-state index contributed by atoms with van der Waals surface area (Å²) >= 11 is 1.31. The Morgan fingerprint density at radius 1 is 1.24 bits per heavy atom. The molecular weight excluding hydrogens is 364 g/mol. The first kappa shape index (κ1) is 17.9. The van der Waals surface area contributed by atoms with Gasteiger partial charge in [0.05, 0.1) is 10.6 Å². The third-order valence-electron chi connectivity index (χ3n) is 3.44. The maximum atomic E-state index is 12.2. The summed E-state index contributed by atoms with van der Waals surface area (Å²) < 4.78 is 36.3. The van der Waals surface area contributed by atoms with Crippen molar-refractivity contribution in [3.63, 3.8) is 0 Å². The van der Waals surface area contributed by atoms with Crippen LogP contribution in [0.25, 0.3) is 11.1 Å². The lowest BCUT2D eigenvalue weighted by atomic mass is 10.2. The normalized spacial score (nSPS) is 12.6. The average molecular weight is 382 g/mol. The third-order valence-corrected chi connectivity index (χ3v) is 6.06. The van der Waals surface area contributed by atoms with Crippen LogP contribution in [-0.2, 0) is 15.8 Å². The fourth-order valence-corrected chi connectivity index (χ4v) is 3.60. The Morgan fingerprint density at radius 2 is 2.00 bits per heavy atom. The Bertz CT molecular complexity index is 992. The molecule has 3 rings (SSSR count). The van der Waals surface area contributed by atoms with Gasteiger partial charge in [-0.3, -0.25) is 0 Å². The SMILES string of the molecule is CC(C)c1noc(CSc2nc3cc(S(=O)(=O)N(C)C)ccc3o2)n1. The summed E-state index contributed by atoms with van der Waals surface area (Å²) in [5.41, 5.74) is 1.01. The van der Waals surface area contributed by atoms with Gasteiger partial charge in [0.25, 0.3) is 5.22 Å². The van der Waals surface area contributed by atoms with Gasteiger partial charge in [0, 0.05) is 20.0 Å². The number of hydrogen-bond donors (Lipinski definition) is 0. The summed E-state index contributed by atoms with van der Waals surface area (Å²) in [5, 5.41) is 4.32. The molecule has 0 aliphatic heterocycles. The highest BCUT2D eigenvalue weighted by molar-refractivity contribution is 7.98. The van der Waals surface area contributed by atoms with Gasteiger partial charge in [-0.25, -0.2) is 17.7 Å². The lowest BCUT2D eigenvalue weighted by Crippen LogP contribution is -2.22. The van der Waals surface area contributed by atoms with Crippen LogP contribution in [0.1, 0.15) is 31.5 Å². The van der Waals surface area contributed by atoms with Gasteiger partial charge in [0.1, 0.15) is 5.52 Å². The Morgan fingerprint density at radius 3 is 2.64 bits per heavy atom. The van der Waals surface area contributed by atoms with Crippen molar-refractivity contribution in [2.45, 2.75) is 35.6 Å². The number of oxazole rings is 1. The van der Waals surface area contributed by atoms with E-state index in [1.165, 1.54) is 38.0 Å². The van der Waals surface area contributed by atoms with E-state index in [4.69, 9.17) is 8.94 Å². The molecule has 0 amide bonds. The van der Waals surface area contributed by atoms with Gasteiger partial charge in [0.2, 0.25) is 15.9 Å². The van der Waals surface area contributed by atoms with Crippen molar-refractivity contribution in [1.82, 2.24) is 19.4 Å². The molecule has 3 aromatic rings. The Kier molecular flexibility index (Phi) is 4.85. The van der Waals surface area contributed by atoms with Crippen molar-refractivity contribution >= 4 is 32.9 Å². The molecule has 0 spiro atoms. The second kappa shape index (κ2) is 6.77. The molecule has 2 heterocycles. The van der Waals surface area contributed by atoms with Crippen LogP contribution in [0, 0.1) is 0 Å². The van der Waals surface area contributed by atoms with Gasteiger partial charge < -0.3 is 8.94 Å². The molecule has 0 aliphatic carbocycles. The van der Waals surface area contributed by atoms with Gasteiger partial charge in [-0.2, -0.15) is 4.98 Å². The van der Waals surface area contributed by atoms with Gasteiger partial charge in [-0.15, -0.1) is 0 Å². The van der Waals surface area contributed by atoms with Gasteiger partial charge >= 0.3 is 0 Å². The predicted molar refractivity (Wildman–Crippen MR) is 92.8 cm³/mol. The summed E-state index contributed by atoms with van der Waals surface area (Å²) in [6.07, 6.45) is 0. The lowest BCUT2D eigenvalue weighted by Gasteiger charge is -2.10. The maximum absolute atomic E-state index is 12.2. The van der Waals surface area contributed by atoms with Crippen LogP contribution >= 0.6 is 11.8 Å². The zero-order chi connectivity index (χ0) is 18.2. The minimum absolute atomic E-state index is 0.174. The van der Waals surface area contributed by atoms with Crippen molar-refractivity contribution in [2.24, 2.45) is 0 Å². The molecule has 10 heteroatoms. The highest BCUT2D eigenvalue weighted by Gasteiger charge is 2.19. The number of thioether (sulfide) groups is 1. The molecule has 0 aliphatic rings. The second-order valence-corrected chi connectivity index (χ2v) is 8.96. The highest BCUT2D eigenvalue weighted by atomic mass is 32.2.